The van der Waals surface area contributed by atoms with E-state index in [1.54, 1.807) is 36.3 Å². The number of fused-ring (bicyclic) bond motifs is 3. The standard InChI is InChI=1S/C26H26N2O6/c1-3-11-28-17-9-6-5-8-16(17)26(25(28)31)21-18(29)13-15(19-10-7-12-33-19)14-20(21)34-23(27)22(26)24(30)32-4-2/h5-10,12,15H,3-4,11,13-14,27H2,1-2H3/t15-,26-/m1/s1. The number of anilines is 1. The number of furan rings is 1. The number of ketones is 1. The predicted octanol–water partition coefficient (Wildman–Crippen LogP) is 3.44. The highest BCUT2D eigenvalue weighted by atomic mass is 16.5. The Morgan fingerprint density at radius 1 is 1.18 bits per heavy atom. The number of allylic oxidation sites excluding steroid dienone is 1. The van der Waals surface area contributed by atoms with Crippen LogP contribution in [-0.2, 0) is 29.3 Å². The maximum absolute atomic E-state index is 14.3. The third-order valence-electron chi connectivity index (χ3n) is 6.69. The normalized spacial score (nSPS) is 23.8. The zero-order valence-electron chi connectivity index (χ0n) is 19.1. The Hall–Kier alpha value is -3.81. The molecule has 3 aliphatic rings. The zero-order chi connectivity index (χ0) is 24.0. The fourth-order valence-corrected chi connectivity index (χ4v) is 5.45. The molecule has 0 radical (unpaired) electrons. The van der Waals surface area contributed by atoms with Gasteiger partial charge in [-0.15, -0.1) is 0 Å². The van der Waals surface area contributed by atoms with Gasteiger partial charge in [0.25, 0.3) is 0 Å². The van der Waals surface area contributed by atoms with Crippen LogP contribution in [0.2, 0.25) is 0 Å². The maximum atomic E-state index is 14.3. The summed E-state index contributed by atoms with van der Waals surface area (Å²) in [6.45, 7) is 4.15. The van der Waals surface area contributed by atoms with Crippen molar-refractivity contribution in [1.82, 2.24) is 0 Å². The van der Waals surface area contributed by atoms with Crippen molar-refractivity contribution < 1.29 is 28.3 Å². The van der Waals surface area contributed by atoms with E-state index >= 15 is 0 Å². The van der Waals surface area contributed by atoms with Crippen LogP contribution in [0.4, 0.5) is 5.69 Å². The van der Waals surface area contributed by atoms with Crippen molar-refractivity contribution in [1.29, 1.82) is 0 Å². The summed E-state index contributed by atoms with van der Waals surface area (Å²) in [5.74, 6) is -0.957. The van der Waals surface area contributed by atoms with Crippen molar-refractivity contribution in [2.24, 2.45) is 5.73 Å². The molecule has 2 N–H and O–H groups in total. The third-order valence-corrected chi connectivity index (χ3v) is 6.69. The summed E-state index contributed by atoms with van der Waals surface area (Å²) in [5, 5.41) is 0. The van der Waals surface area contributed by atoms with Crippen molar-refractivity contribution in [3.05, 3.63) is 76.8 Å². The van der Waals surface area contributed by atoms with Crippen LogP contribution in [0.25, 0.3) is 0 Å². The van der Waals surface area contributed by atoms with Gasteiger partial charge in [-0.05, 0) is 31.5 Å². The summed E-state index contributed by atoms with van der Waals surface area (Å²) < 4.78 is 16.8. The van der Waals surface area contributed by atoms with Crippen LogP contribution in [0.3, 0.4) is 0 Å². The van der Waals surface area contributed by atoms with Gasteiger partial charge in [-0.2, -0.15) is 0 Å². The number of esters is 1. The van der Waals surface area contributed by atoms with Crippen LogP contribution >= 0.6 is 0 Å². The molecule has 0 saturated heterocycles. The Morgan fingerprint density at radius 3 is 2.68 bits per heavy atom. The minimum atomic E-state index is -1.71. The van der Waals surface area contributed by atoms with Crippen LogP contribution < -0.4 is 10.6 Å². The number of ether oxygens (including phenoxy) is 2. The number of Topliss-reactive ketones (excluding diaryl/α,β-unsaturated/α-hetero) is 1. The van der Waals surface area contributed by atoms with Crippen molar-refractivity contribution in [2.45, 2.75) is 44.4 Å². The second-order valence-corrected chi connectivity index (χ2v) is 8.63. The molecule has 5 rings (SSSR count). The van der Waals surface area contributed by atoms with Crippen LogP contribution in [0, 0.1) is 0 Å². The van der Waals surface area contributed by atoms with Crippen molar-refractivity contribution in [3.63, 3.8) is 0 Å². The second-order valence-electron chi connectivity index (χ2n) is 8.63. The largest absolute Gasteiger partial charge is 0.469 e. The van der Waals surface area contributed by atoms with Gasteiger partial charge in [-0.3, -0.25) is 9.59 Å². The van der Waals surface area contributed by atoms with E-state index in [1.807, 2.05) is 25.1 Å². The number of hydrogen-bond acceptors (Lipinski definition) is 7. The quantitative estimate of drug-likeness (QED) is 0.678. The first-order valence-corrected chi connectivity index (χ1v) is 11.5. The second kappa shape index (κ2) is 8.20. The van der Waals surface area contributed by atoms with E-state index < -0.39 is 11.4 Å². The fraction of sp³-hybridized carbons (Fsp3) is 0.346. The summed E-state index contributed by atoms with van der Waals surface area (Å²) in [4.78, 5) is 42.9. The Bertz CT molecular complexity index is 1240. The highest BCUT2D eigenvalue weighted by Crippen LogP contribution is 2.57. The van der Waals surface area contributed by atoms with Gasteiger partial charge in [-0.1, -0.05) is 25.1 Å². The minimum absolute atomic E-state index is 0.0840. The number of hydrogen-bond donors (Lipinski definition) is 1. The molecular weight excluding hydrogens is 436 g/mol. The zero-order valence-corrected chi connectivity index (χ0v) is 19.1. The molecule has 0 saturated carbocycles. The first-order valence-electron chi connectivity index (χ1n) is 11.5. The highest BCUT2D eigenvalue weighted by molar-refractivity contribution is 6.23. The van der Waals surface area contributed by atoms with E-state index in [2.05, 4.69) is 0 Å². The van der Waals surface area contributed by atoms with Gasteiger partial charge in [0.15, 0.2) is 5.78 Å². The van der Waals surface area contributed by atoms with E-state index in [0.29, 0.717) is 42.2 Å². The molecule has 2 atom stereocenters. The van der Waals surface area contributed by atoms with Gasteiger partial charge in [-0.25, -0.2) is 4.79 Å². The van der Waals surface area contributed by atoms with Gasteiger partial charge in [0.2, 0.25) is 11.8 Å². The number of nitrogens with two attached hydrogens (primary N) is 1. The van der Waals surface area contributed by atoms with Crippen molar-refractivity contribution in [2.75, 3.05) is 18.1 Å². The van der Waals surface area contributed by atoms with Crippen molar-refractivity contribution >= 4 is 23.3 Å². The molecule has 8 nitrogen and oxygen atoms in total. The molecule has 1 aromatic carbocycles. The minimum Gasteiger partial charge on any atom is -0.469 e. The Balaban J connectivity index is 1.77. The molecule has 1 aromatic heterocycles. The average Bonchev–Trinajstić information content (AvgIpc) is 3.42. The lowest BCUT2D eigenvalue weighted by atomic mass is 9.63. The van der Waals surface area contributed by atoms with E-state index in [1.165, 1.54) is 0 Å². The van der Waals surface area contributed by atoms with Crippen LogP contribution in [0.1, 0.15) is 50.4 Å². The predicted molar refractivity (Wildman–Crippen MR) is 122 cm³/mol. The lowest BCUT2D eigenvalue weighted by Crippen LogP contribution is -2.51. The average molecular weight is 463 g/mol. The molecule has 1 amide bonds. The summed E-state index contributed by atoms with van der Waals surface area (Å²) in [7, 11) is 0. The van der Waals surface area contributed by atoms with E-state index in [9.17, 15) is 14.4 Å². The molecule has 3 heterocycles. The Kier molecular flexibility index (Phi) is 5.31. The number of rotatable bonds is 5. The Labute approximate surface area is 197 Å². The van der Waals surface area contributed by atoms with Crippen LogP contribution in [0.5, 0.6) is 0 Å². The molecule has 34 heavy (non-hydrogen) atoms. The number of amides is 1. The van der Waals surface area contributed by atoms with Gasteiger partial charge < -0.3 is 24.5 Å². The summed E-state index contributed by atoms with van der Waals surface area (Å²) in [6, 6.07) is 10.8. The van der Waals surface area contributed by atoms with E-state index in [4.69, 9.17) is 19.6 Å². The molecule has 2 aromatic rings. The summed E-state index contributed by atoms with van der Waals surface area (Å²) >= 11 is 0. The number of carbonyl (C=O) groups is 3. The number of nitrogens with zero attached hydrogens (tertiary/aromatic N) is 1. The molecule has 8 heteroatoms. The molecular formula is C26H26N2O6. The number of para-hydroxylation sites is 1. The van der Waals surface area contributed by atoms with Gasteiger partial charge >= 0.3 is 5.97 Å². The summed E-state index contributed by atoms with van der Waals surface area (Å²) in [5.41, 5.74) is 5.86. The first kappa shape index (κ1) is 22.0. The molecule has 0 unspecified atom stereocenters. The van der Waals surface area contributed by atoms with E-state index in [-0.39, 0.29) is 47.7 Å². The number of carbonyl (C=O) groups excluding carboxylic acids is 3. The number of benzene rings is 1. The van der Waals surface area contributed by atoms with Gasteiger partial charge in [0, 0.05) is 36.6 Å². The van der Waals surface area contributed by atoms with Crippen LogP contribution in [-0.4, -0.2) is 30.8 Å². The van der Waals surface area contributed by atoms with Gasteiger partial charge in [0.1, 0.15) is 22.5 Å². The van der Waals surface area contributed by atoms with Crippen LogP contribution in [0.15, 0.2) is 69.9 Å². The topological polar surface area (TPSA) is 112 Å². The fourth-order valence-electron chi connectivity index (χ4n) is 5.45. The smallest absolute Gasteiger partial charge is 0.341 e. The lowest BCUT2D eigenvalue weighted by Gasteiger charge is -2.40. The first-order chi connectivity index (χ1) is 16.4. The SMILES string of the molecule is CCCN1C(=O)[C@]2(C(C(=O)OCC)=C(N)OC3=C2C(=O)C[C@@H](c2ccco2)C3)c2ccccc21. The van der Waals surface area contributed by atoms with Gasteiger partial charge in [0.05, 0.1) is 18.4 Å². The third kappa shape index (κ3) is 2.94. The molecule has 2 aliphatic heterocycles. The monoisotopic (exact) mass is 462 g/mol. The van der Waals surface area contributed by atoms with E-state index in [0.717, 1.165) is 0 Å². The molecule has 1 spiro atoms. The molecule has 176 valence electrons. The highest BCUT2D eigenvalue weighted by Gasteiger charge is 2.64. The summed E-state index contributed by atoms with van der Waals surface area (Å²) in [6.07, 6.45) is 2.69. The Morgan fingerprint density at radius 2 is 1.97 bits per heavy atom. The maximum Gasteiger partial charge on any atom is 0.341 e. The van der Waals surface area contributed by atoms with Crippen molar-refractivity contribution in [3.8, 4) is 0 Å². The molecule has 0 bridgehead atoms. The lowest BCUT2D eigenvalue weighted by molar-refractivity contribution is -0.141. The molecule has 1 aliphatic carbocycles. The molecule has 0 fully saturated rings.